The van der Waals surface area contributed by atoms with Crippen LogP contribution in [0, 0.1) is 0 Å². The van der Waals surface area contributed by atoms with Crippen molar-refractivity contribution in [2.24, 2.45) is 0 Å². The number of hydrogen-bond donors (Lipinski definition) is 0. The van der Waals surface area contributed by atoms with Gasteiger partial charge in [0.2, 0.25) is 5.91 Å². The fourth-order valence-electron chi connectivity index (χ4n) is 1.58. The number of benzene rings is 1. The first kappa shape index (κ1) is 10.4. The summed E-state index contributed by atoms with van der Waals surface area (Å²) in [6.45, 7) is 0. The van der Waals surface area contributed by atoms with Crippen molar-refractivity contribution >= 4 is 22.8 Å². The van der Waals surface area contributed by atoms with Gasteiger partial charge in [0.25, 0.3) is 0 Å². The van der Waals surface area contributed by atoms with Crippen LogP contribution in [0.4, 0.5) is 0 Å². The molecule has 0 saturated heterocycles. The highest BCUT2D eigenvalue weighted by atomic mass is 16.5. The molecule has 0 amide bonds. The summed E-state index contributed by atoms with van der Waals surface area (Å²) in [5.41, 5.74) is 0.802. The second kappa shape index (κ2) is 4.18. The predicted molar refractivity (Wildman–Crippen MR) is 59.2 cm³/mol. The van der Waals surface area contributed by atoms with E-state index in [4.69, 9.17) is 0 Å². The van der Waals surface area contributed by atoms with Crippen LogP contribution in [-0.4, -0.2) is 23.6 Å². The summed E-state index contributed by atoms with van der Waals surface area (Å²) < 4.78 is 5.92. The van der Waals surface area contributed by atoms with Gasteiger partial charge in [-0.2, -0.15) is 0 Å². The van der Waals surface area contributed by atoms with Crippen LogP contribution in [0.15, 0.2) is 36.5 Å². The van der Waals surface area contributed by atoms with Gasteiger partial charge in [-0.25, -0.2) is 0 Å². The number of carbonyl (C=O) groups is 2. The van der Waals surface area contributed by atoms with Gasteiger partial charge in [0.05, 0.1) is 12.6 Å². The molecule has 0 spiro atoms. The SMILES string of the molecule is COC(=O)CC(=O)n1ccc2ccccc21. The monoisotopic (exact) mass is 217 g/mol. The summed E-state index contributed by atoms with van der Waals surface area (Å²) in [6, 6.07) is 9.34. The first-order chi connectivity index (χ1) is 7.72. The van der Waals surface area contributed by atoms with E-state index in [-0.39, 0.29) is 12.3 Å². The van der Waals surface area contributed by atoms with E-state index < -0.39 is 5.97 Å². The van der Waals surface area contributed by atoms with E-state index in [0.717, 1.165) is 10.9 Å². The number of ether oxygens (including phenoxy) is 1. The van der Waals surface area contributed by atoms with Crippen LogP contribution in [0.25, 0.3) is 10.9 Å². The van der Waals surface area contributed by atoms with Crippen molar-refractivity contribution < 1.29 is 14.3 Å². The summed E-state index contributed by atoms with van der Waals surface area (Å²) in [7, 11) is 1.27. The van der Waals surface area contributed by atoms with Gasteiger partial charge in [-0.3, -0.25) is 14.2 Å². The van der Waals surface area contributed by atoms with E-state index in [2.05, 4.69) is 4.74 Å². The lowest BCUT2D eigenvalue weighted by atomic mass is 10.2. The van der Waals surface area contributed by atoms with Crippen LogP contribution in [0.2, 0.25) is 0 Å². The number of rotatable bonds is 2. The second-order valence-electron chi connectivity index (χ2n) is 3.39. The third-order valence-corrected chi connectivity index (χ3v) is 2.39. The van der Waals surface area contributed by atoms with Crippen LogP contribution in [0.5, 0.6) is 0 Å². The van der Waals surface area contributed by atoms with Crippen LogP contribution < -0.4 is 0 Å². The van der Waals surface area contributed by atoms with Gasteiger partial charge in [0.15, 0.2) is 0 Å². The fraction of sp³-hybridized carbons (Fsp3) is 0.167. The molecule has 82 valence electrons. The fourth-order valence-corrected chi connectivity index (χ4v) is 1.58. The molecule has 0 aliphatic rings. The molecule has 4 nitrogen and oxygen atoms in total. The smallest absolute Gasteiger partial charge is 0.315 e. The highest BCUT2D eigenvalue weighted by Crippen LogP contribution is 2.15. The van der Waals surface area contributed by atoms with Crippen molar-refractivity contribution in [3.05, 3.63) is 36.5 Å². The lowest BCUT2D eigenvalue weighted by molar-refractivity contribution is -0.139. The Balaban J connectivity index is 2.33. The van der Waals surface area contributed by atoms with Gasteiger partial charge >= 0.3 is 5.97 Å². The van der Waals surface area contributed by atoms with E-state index in [1.165, 1.54) is 11.7 Å². The number of esters is 1. The predicted octanol–water partition coefficient (Wildman–Crippen LogP) is 1.84. The molecule has 0 aliphatic carbocycles. The molecule has 1 aromatic carbocycles. The highest BCUT2D eigenvalue weighted by molar-refractivity contribution is 6.00. The maximum absolute atomic E-state index is 11.8. The molecule has 0 saturated carbocycles. The standard InChI is InChI=1S/C12H11NO3/c1-16-12(15)8-11(14)13-7-6-9-4-2-3-5-10(9)13/h2-7H,8H2,1H3. The number of aromatic nitrogens is 1. The molecule has 0 N–H and O–H groups in total. The zero-order valence-corrected chi connectivity index (χ0v) is 8.84. The maximum atomic E-state index is 11.8. The molecule has 0 fully saturated rings. The van der Waals surface area contributed by atoms with Crippen LogP contribution >= 0.6 is 0 Å². The van der Waals surface area contributed by atoms with Gasteiger partial charge < -0.3 is 4.74 Å². The Kier molecular flexibility index (Phi) is 2.72. The Labute approximate surface area is 92.4 Å². The molecule has 1 aromatic heterocycles. The molecular weight excluding hydrogens is 206 g/mol. The minimum atomic E-state index is -0.525. The molecule has 0 aliphatic heterocycles. The maximum Gasteiger partial charge on any atom is 0.315 e. The van der Waals surface area contributed by atoms with Crippen molar-refractivity contribution in [2.75, 3.05) is 7.11 Å². The topological polar surface area (TPSA) is 48.3 Å². The highest BCUT2D eigenvalue weighted by Gasteiger charge is 2.13. The minimum Gasteiger partial charge on any atom is -0.469 e. The summed E-state index contributed by atoms with van der Waals surface area (Å²) >= 11 is 0. The Morgan fingerprint density at radius 1 is 1.25 bits per heavy atom. The molecule has 0 atom stereocenters. The third kappa shape index (κ3) is 1.82. The summed E-state index contributed by atoms with van der Waals surface area (Å²) in [6.07, 6.45) is 1.42. The molecule has 4 heteroatoms. The minimum absolute atomic E-state index is 0.241. The van der Waals surface area contributed by atoms with Gasteiger partial charge in [0, 0.05) is 11.6 Å². The Hall–Kier alpha value is -2.10. The van der Waals surface area contributed by atoms with Crippen molar-refractivity contribution in [3.8, 4) is 0 Å². The number of para-hydroxylation sites is 1. The second-order valence-corrected chi connectivity index (χ2v) is 3.39. The number of methoxy groups -OCH3 is 1. The lowest BCUT2D eigenvalue weighted by Crippen LogP contribution is -2.15. The molecule has 16 heavy (non-hydrogen) atoms. The molecule has 0 radical (unpaired) electrons. The van der Waals surface area contributed by atoms with Gasteiger partial charge in [-0.05, 0) is 12.1 Å². The largest absolute Gasteiger partial charge is 0.469 e. The average Bonchev–Trinajstić information content (AvgIpc) is 2.72. The number of hydrogen-bond acceptors (Lipinski definition) is 3. The zero-order chi connectivity index (χ0) is 11.5. The van der Waals surface area contributed by atoms with Crippen molar-refractivity contribution in [2.45, 2.75) is 6.42 Å². The molecule has 1 heterocycles. The van der Waals surface area contributed by atoms with E-state index in [1.54, 1.807) is 6.20 Å². The molecule has 2 aromatic rings. The Bertz CT molecular complexity index is 542. The number of fused-ring (bicyclic) bond motifs is 1. The van der Waals surface area contributed by atoms with Crippen LogP contribution in [-0.2, 0) is 9.53 Å². The van der Waals surface area contributed by atoms with Gasteiger partial charge in [-0.1, -0.05) is 18.2 Å². The third-order valence-electron chi connectivity index (χ3n) is 2.39. The summed E-state index contributed by atoms with van der Waals surface area (Å²) in [5, 5.41) is 0.973. The zero-order valence-electron chi connectivity index (χ0n) is 8.84. The lowest BCUT2D eigenvalue weighted by Gasteiger charge is -2.02. The summed E-state index contributed by atoms with van der Waals surface area (Å²) in [5.74, 6) is -0.809. The van der Waals surface area contributed by atoms with Crippen molar-refractivity contribution in [1.82, 2.24) is 4.57 Å². The van der Waals surface area contributed by atoms with Gasteiger partial charge in [0.1, 0.15) is 6.42 Å². The molecule has 0 bridgehead atoms. The number of nitrogens with zero attached hydrogens (tertiary/aromatic N) is 1. The normalized spacial score (nSPS) is 10.3. The molecule has 0 unspecified atom stereocenters. The molecule has 2 rings (SSSR count). The van der Waals surface area contributed by atoms with E-state index >= 15 is 0 Å². The van der Waals surface area contributed by atoms with E-state index in [9.17, 15) is 9.59 Å². The first-order valence-corrected chi connectivity index (χ1v) is 4.88. The van der Waals surface area contributed by atoms with Crippen LogP contribution in [0.3, 0.4) is 0 Å². The van der Waals surface area contributed by atoms with Gasteiger partial charge in [-0.15, -0.1) is 0 Å². The summed E-state index contributed by atoms with van der Waals surface area (Å²) in [4.78, 5) is 22.7. The van der Waals surface area contributed by atoms with Crippen molar-refractivity contribution in [1.29, 1.82) is 0 Å². The Morgan fingerprint density at radius 3 is 2.75 bits per heavy atom. The van der Waals surface area contributed by atoms with E-state index in [1.807, 2.05) is 30.3 Å². The quantitative estimate of drug-likeness (QED) is 0.569. The number of carbonyl (C=O) groups excluding carboxylic acids is 2. The van der Waals surface area contributed by atoms with Crippen LogP contribution in [0.1, 0.15) is 11.2 Å². The van der Waals surface area contributed by atoms with Crippen molar-refractivity contribution in [3.63, 3.8) is 0 Å². The first-order valence-electron chi connectivity index (χ1n) is 4.88. The van der Waals surface area contributed by atoms with E-state index in [0.29, 0.717) is 0 Å². The Morgan fingerprint density at radius 2 is 2.00 bits per heavy atom. The molecular formula is C12H11NO3. The average molecular weight is 217 g/mol.